The molecule has 0 aliphatic carbocycles. The number of rotatable bonds is 7. The number of amides is 2. The maximum Gasteiger partial charge on any atom is 0.237 e. The molecule has 27 heavy (non-hydrogen) atoms. The molecule has 6 heteroatoms. The average Bonchev–Trinajstić information content (AvgIpc) is 3.22. The third-order valence-corrected chi connectivity index (χ3v) is 5.59. The van der Waals surface area contributed by atoms with Crippen LogP contribution in [0, 0.1) is 5.92 Å². The largest absolute Gasteiger partial charge is 0.354 e. The minimum atomic E-state index is -0.0186. The van der Waals surface area contributed by atoms with Gasteiger partial charge >= 0.3 is 0 Å². The summed E-state index contributed by atoms with van der Waals surface area (Å²) in [6.45, 7) is 5.89. The number of nitrogens with one attached hydrogen (secondary N) is 3. The van der Waals surface area contributed by atoms with Gasteiger partial charge in [-0.25, -0.2) is 0 Å². The van der Waals surface area contributed by atoms with Crippen LogP contribution in [0.4, 0.5) is 0 Å². The Morgan fingerprint density at radius 3 is 2.78 bits per heavy atom. The van der Waals surface area contributed by atoms with Gasteiger partial charge in [0.1, 0.15) is 0 Å². The van der Waals surface area contributed by atoms with Gasteiger partial charge in [0, 0.05) is 13.1 Å². The molecule has 2 amide bonds. The van der Waals surface area contributed by atoms with Crippen molar-refractivity contribution < 1.29 is 9.59 Å². The van der Waals surface area contributed by atoms with Gasteiger partial charge in [-0.05, 0) is 57.2 Å². The topological polar surface area (TPSA) is 73.5 Å². The summed E-state index contributed by atoms with van der Waals surface area (Å²) >= 11 is 0. The highest BCUT2D eigenvalue weighted by Crippen LogP contribution is 2.16. The Balaban J connectivity index is 1.39. The fourth-order valence-corrected chi connectivity index (χ4v) is 4.05. The van der Waals surface area contributed by atoms with Crippen molar-refractivity contribution in [3.05, 3.63) is 35.9 Å². The molecular weight excluding hydrogens is 340 g/mol. The zero-order chi connectivity index (χ0) is 19.1. The lowest BCUT2D eigenvalue weighted by Gasteiger charge is -2.32. The molecule has 0 aromatic heterocycles. The SMILES string of the molecule is CC(NC(=O)CN1CCCC(CNC(=O)C2CCCN2)C1)c1ccccc1. The van der Waals surface area contributed by atoms with Crippen LogP contribution in [-0.2, 0) is 9.59 Å². The molecule has 1 aromatic rings. The zero-order valence-electron chi connectivity index (χ0n) is 16.2. The van der Waals surface area contributed by atoms with Crippen LogP contribution in [0.1, 0.15) is 44.2 Å². The van der Waals surface area contributed by atoms with Crippen LogP contribution in [0.25, 0.3) is 0 Å². The Bertz CT molecular complexity index is 616. The lowest BCUT2D eigenvalue weighted by atomic mass is 9.97. The van der Waals surface area contributed by atoms with Gasteiger partial charge in [-0.1, -0.05) is 30.3 Å². The molecule has 3 rings (SSSR count). The Kier molecular flexibility index (Phi) is 7.24. The molecule has 2 aliphatic rings. The van der Waals surface area contributed by atoms with Crippen molar-refractivity contribution in [1.29, 1.82) is 0 Å². The molecule has 3 N–H and O–H groups in total. The van der Waals surface area contributed by atoms with Crippen molar-refractivity contribution >= 4 is 11.8 Å². The molecule has 0 spiro atoms. The molecule has 3 unspecified atom stereocenters. The van der Waals surface area contributed by atoms with Gasteiger partial charge in [-0.3, -0.25) is 14.5 Å². The van der Waals surface area contributed by atoms with E-state index in [1.54, 1.807) is 0 Å². The van der Waals surface area contributed by atoms with Crippen LogP contribution in [0.2, 0.25) is 0 Å². The van der Waals surface area contributed by atoms with Crippen molar-refractivity contribution in [3.8, 4) is 0 Å². The fraction of sp³-hybridized carbons (Fsp3) is 0.619. The van der Waals surface area contributed by atoms with Gasteiger partial charge in [-0.2, -0.15) is 0 Å². The molecule has 2 heterocycles. The summed E-state index contributed by atoms with van der Waals surface area (Å²) < 4.78 is 0. The molecule has 148 valence electrons. The predicted octanol–water partition coefficient (Wildman–Crippen LogP) is 1.44. The van der Waals surface area contributed by atoms with Gasteiger partial charge in [0.05, 0.1) is 18.6 Å². The summed E-state index contributed by atoms with van der Waals surface area (Å²) in [6.07, 6.45) is 4.19. The first-order valence-corrected chi connectivity index (χ1v) is 10.2. The third kappa shape index (κ3) is 6.04. The number of piperidine rings is 1. The quantitative estimate of drug-likeness (QED) is 0.677. The lowest BCUT2D eigenvalue weighted by molar-refractivity contribution is -0.124. The van der Waals surface area contributed by atoms with E-state index < -0.39 is 0 Å². The van der Waals surface area contributed by atoms with E-state index in [-0.39, 0.29) is 23.9 Å². The second-order valence-corrected chi connectivity index (χ2v) is 7.84. The molecule has 2 aliphatic heterocycles. The zero-order valence-corrected chi connectivity index (χ0v) is 16.2. The fourth-order valence-electron chi connectivity index (χ4n) is 4.05. The van der Waals surface area contributed by atoms with Gasteiger partial charge in [0.25, 0.3) is 0 Å². The second kappa shape index (κ2) is 9.85. The molecule has 3 atom stereocenters. The van der Waals surface area contributed by atoms with Crippen LogP contribution in [-0.4, -0.2) is 55.5 Å². The van der Waals surface area contributed by atoms with Gasteiger partial charge < -0.3 is 16.0 Å². The van der Waals surface area contributed by atoms with Crippen LogP contribution in [0.15, 0.2) is 30.3 Å². The number of carbonyl (C=O) groups is 2. The highest BCUT2D eigenvalue weighted by atomic mass is 16.2. The van der Waals surface area contributed by atoms with Crippen molar-refractivity contribution in [3.63, 3.8) is 0 Å². The van der Waals surface area contributed by atoms with E-state index >= 15 is 0 Å². The highest BCUT2D eigenvalue weighted by Gasteiger charge is 2.25. The molecule has 2 fully saturated rings. The van der Waals surface area contributed by atoms with E-state index in [9.17, 15) is 9.59 Å². The number of likely N-dealkylation sites (tertiary alicyclic amines) is 1. The molecule has 6 nitrogen and oxygen atoms in total. The first-order valence-electron chi connectivity index (χ1n) is 10.2. The van der Waals surface area contributed by atoms with Crippen molar-refractivity contribution in [1.82, 2.24) is 20.9 Å². The molecule has 0 bridgehead atoms. The van der Waals surface area contributed by atoms with Crippen LogP contribution in [0.5, 0.6) is 0 Å². The van der Waals surface area contributed by atoms with E-state index in [0.29, 0.717) is 19.0 Å². The summed E-state index contributed by atoms with van der Waals surface area (Å²) in [5.41, 5.74) is 1.12. The maximum atomic E-state index is 12.4. The molecule has 2 saturated heterocycles. The normalized spacial score (nSPS) is 24.3. The van der Waals surface area contributed by atoms with E-state index in [1.807, 2.05) is 37.3 Å². The number of carbonyl (C=O) groups excluding carboxylic acids is 2. The lowest BCUT2D eigenvalue weighted by Crippen LogP contribution is -2.47. The standard InChI is InChI=1S/C21H32N4O2/c1-16(18-8-3-2-4-9-18)24-20(26)15-25-12-6-7-17(14-25)13-23-21(27)19-10-5-11-22-19/h2-4,8-9,16-17,19,22H,5-7,10-15H2,1H3,(H,23,27)(H,24,26). The predicted molar refractivity (Wildman–Crippen MR) is 106 cm³/mol. The Morgan fingerprint density at radius 2 is 2.04 bits per heavy atom. The Hall–Kier alpha value is -1.92. The van der Waals surface area contributed by atoms with Gasteiger partial charge in [0.2, 0.25) is 11.8 Å². The van der Waals surface area contributed by atoms with Crippen molar-refractivity contribution in [2.45, 2.75) is 44.7 Å². The molecular formula is C21H32N4O2. The minimum absolute atomic E-state index is 0.0116. The van der Waals surface area contributed by atoms with Crippen molar-refractivity contribution in [2.24, 2.45) is 5.92 Å². The Labute approximate surface area is 162 Å². The van der Waals surface area contributed by atoms with Crippen LogP contribution < -0.4 is 16.0 Å². The number of hydrogen-bond donors (Lipinski definition) is 3. The van der Waals surface area contributed by atoms with E-state index in [0.717, 1.165) is 50.9 Å². The van der Waals surface area contributed by atoms with Gasteiger partial charge in [0.15, 0.2) is 0 Å². The highest BCUT2D eigenvalue weighted by molar-refractivity contribution is 5.82. The summed E-state index contributed by atoms with van der Waals surface area (Å²) in [5.74, 6) is 0.605. The number of hydrogen-bond acceptors (Lipinski definition) is 4. The Morgan fingerprint density at radius 1 is 1.22 bits per heavy atom. The average molecular weight is 373 g/mol. The van der Waals surface area contributed by atoms with Gasteiger partial charge in [-0.15, -0.1) is 0 Å². The van der Waals surface area contributed by atoms with E-state index in [1.165, 1.54) is 0 Å². The monoisotopic (exact) mass is 372 g/mol. The van der Waals surface area contributed by atoms with E-state index in [2.05, 4.69) is 20.9 Å². The first kappa shape index (κ1) is 19.8. The smallest absolute Gasteiger partial charge is 0.237 e. The van der Waals surface area contributed by atoms with Crippen molar-refractivity contribution in [2.75, 3.05) is 32.7 Å². The summed E-state index contributed by atoms with van der Waals surface area (Å²) in [4.78, 5) is 26.8. The molecule has 0 saturated carbocycles. The van der Waals surface area contributed by atoms with Crippen LogP contribution >= 0.6 is 0 Å². The number of nitrogens with zero attached hydrogens (tertiary/aromatic N) is 1. The molecule has 1 aromatic carbocycles. The maximum absolute atomic E-state index is 12.4. The van der Waals surface area contributed by atoms with Crippen LogP contribution in [0.3, 0.4) is 0 Å². The summed E-state index contributed by atoms with van der Waals surface area (Å²) in [7, 11) is 0. The summed E-state index contributed by atoms with van der Waals surface area (Å²) in [6, 6.07) is 10.0. The molecule has 0 radical (unpaired) electrons. The summed E-state index contributed by atoms with van der Waals surface area (Å²) in [5, 5.41) is 9.42. The third-order valence-electron chi connectivity index (χ3n) is 5.59. The number of benzene rings is 1. The minimum Gasteiger partial charge on any atom is -0.354 e. The second-order valence-electron chi connectivity index (χ2n) is 7.84. The van der Waals surface area contributed by atoms with E-state index in [4.69, 9.17) is 0 Å². The first-order chi connectivity index (χ1) is 13.1.